The Morgan fingerprint density at radius 1 is 1.32 bits per heavy atom. The van der Waals surface area contributed by atoms with Gasteiger partial charge in [-0.3, -0.25) is 0 Å². The second-order valence-corrected chi connectivity index (χ2v) is 7.04. The molecular formula is C12H16F3N3O3S. The summed E-state index contributed by atoms with van der Waals surface area (Å²) >= 11 is 0. The van der Waals surface area contributed by atoms with Gasteiger partial charge in [-0.05, 0) is 18.9 Å². The summed E-state index contributed by atoms with van der Waals surface area (Å²) < 4.78 is 67.0. The van der Waals surface area contributed by atoms with E-state index in [1.807, 2.05) is 0 Å². The molecule has 0 amide bonds. The molecule has 2 heterocycles. The third kappa shape index (κ3) is 5.09. The minimum absolute atomic E-state index is 0.0123. The molecule has 0 N–H and O–H groups in total. The Morgan fingerprint density at radius 2 is 2.00 bits per heavy atom. The number of hydrogen-bond donors (Lipinski definition) is 0. The van der Waals surface area contributed by atoms with Crippen molar-refractivity contribution in [2.45, 2.75) is 31.5 Å². The molecule has 124 valence electrons. The summed E-state index contributed by atoms with van der Waals surface area (Å²) in [5, 5.41) is 0. The van der Waals surface area contributed by atoms with Crippen LogP contribution in [0.3, 0.4) is 0 Å². The Kier molecular flexibility index (Phi) is 5.22. The van der Waals surface area contributed by atoms with Gasteiger partial charge in [0.05, 0.1) is 18.7 Å². The minimum Gasteiger partial charge on any atom is -0.459 e. The lowest BCUT2D eigenvalue weighted by Crippen LogP contribution is -2.45. The molecule has 0 radical (unpaired) electrons. The van der Waals surface area contributed by atoms with Crippen LogP contribution in [0.15, 0.2) is 18.5 Å². The third-order valence-electron chi connectivity index (χ3n) is 3.19. The zero-order valence-electron chi connectivity index (χ0n) is 11.7. The van der Waals surface area contributed by atoms with E-state index in [9.17, 15) is 21.6 Å². The molecule has 1 fully saturated rings. The van der Waals surface area contributed by atoms with E-state index in [1.165, 1.54) is 12.4 Å². The Bertz CT molecular complexity index is 580. The molecule has 1 atom stereocenters. The molecule has 0 unspecified atom stereocenters. The van der Waals surface area contributed by atoms with Crippen molar-refractivity contribution in [1.82, 2.24) is 14.3 Å². The number of hydrogen-bond acceptors (Lipinski definition) is 5. The van der Waals surface area contributed by atoms with Gasteiger partial charge in [-0.2, -0.15) is 17.5 Å². The van der Waals surface area contributed by atoms with E-state index in [0.717, 1.165) is 4.31 Å². The fourth-order valence-corrected chi connectivity index (χ4v) is 3.67. The van der Waals surface area contributed by atoms with E-state index in [2.05, 4.69) is 9.97 Å². The van der Waals surface area contributed by atoms with Crippen molar-refractivity contribution in [2.75, 3.05) is 18.8 Å². The highest BCUT2D eigenvalue weighted by atomic mass is 32.2. The second-order valence-electron chi connectivity index (χ2n) is 4.95. The topological polar surface area (TPSA) is 72.4 Å². The first-order chi connectivity index (χ1) is 10.3. The number of piperidine rings is 1. The Morgan fingerprint density at radius 3 is 2.64 bits per heavy atom. The smallest absolute Gasteiger partial charge is 0.390 e. The first kappa shape index (κ1) is 16.9. The third-order valence-corrected chi connectivity index (χ3v) is 5.03. The maximum absolute atomic E-state index is 12.2. The molecule has 1 saturated heterocycles. The fourth-order valence-electron chi connectivity index (χ4n) is 2.12. The zero-order valence-corrected chi connectivity index (χ0v) is 12.5. The van der Waals surface area contributed by atoms with E-state index < -0.39 is 34.5 Å². The quantitative estimate of drug-likeness (QED) is 0.815. The van der Waals surface area contributed by atoms with Crippen LogP contribution in [-0.4, -0.2) is 53.8 Å². The predicted molar refractivity (Wildman–Crippen MR) is 71.7 cm³/mol. The first-order valence-corrected chi connectivity index (χ1v) is 8.35. The van der Waals surface area contributed by atoms with E-state index in [0.29, 0.717) is 12.8 Å². The summed E-state index contributed by atoms with van der Waals surface area (Å²) in [5.74, 6) is -0.939. The van der Waals surface area contributed by atoms with Gasteiger partial charge < -0.3 is 4.74 Å². The van der Waals surface area contributed by atoms with Crippen LogP contribution in [0.2, 0.25) is 0 Å². The number of aromatic nitrogens is 2. The SMILES string of the molecule is O=S(=O)(CCC(F)(F)F)N1CCC[C@H](Oc2ncccn2)C1. The lowest BCUT2D eigenvalue weighted by atomic mass is 10.1. The minimum atomic E-state index is -4.49. The van der Waals surface area contributed by atoms with Gasteiger partial charge in [0.25, 0.3) is 0 Å². The molecule has 0 aliphatic carbocycles. The molecule has 1 aliphatic rings. The molecule has 22 heavy (non-hydrogen) atoms. The number of nitrogens with zero attached hydrogens (tertiary/aromatic N) is 3. The number of rotatable bonds is 5. The molecular weight excluding hydrogens is 323 g/mol. The summed E-state index contributed by atoms with van der Waals surface area (Å²) in [7, 11) is -3.95. The van der Waals surface area contributed by atoms with Crippen molar-refractivity contribution in [3.05, 3.63) is 18.5 Å². The standard InChI is InChI=1S/C12H16F3N3O3S/c13-12(14,15)4-8-22(19,20)18-7-1-3-10(9-18)21-11-16-5-2-6-17-11/h2,5-6,10H,1,3-4,7-9H2/t10-/m0/s1. The van der Waals surface area contributed by atoms with Gasteiger partial charge in [0.15, 0.2) is 0 Å². The van der Waals surface area contributed by atoms with E-state index in [4.69, 9.17) is 4.74 Å². The fraction of sp³-hybridized carbons (Fsp3) is 0.667. The monoisotopic (exact) mass is 339 g/mol. The summed E-state index contributed by atoms with van der Waals surface area (Å²) in [6, 6.07) is 1.74. The highest BCUT2D eigenvalue weighted by Crippen LogP contribution is 2.23. The van der Waals surface area contributed by atoms with E-state index >= 15 is 0 Å². The molecule has 0 aromatic carbocycles. The highest BCUT2D eigenvalue weighted by Gasteiger charge is 2.35. The van der Waals surface area contributed by atoms with Crippen molar-refractivity contribution < 1.29 is 26.3 Å². The second kappa shape index (κ2) is 6.78. The molecule has 0 spiro atoms. The van der Waals surface area contributed by atoms with Crippen LogP contribution in [0.25, 0.3) is 0 Å². The molecule has 1 aromatic rings. The van der Waals surface area contributed by atoms with Crippen LogP contribution in [0, 0.1) is 0 Å². The molecule has 1 aromatic heterocycles. The van der Waals surface area contributed by atoms with Crippen LogP contribution >= 0.6 is 0 Å². The highest BCUT2D eigenvalue weighted by molar-refractivity contribution is 7.89. The Balaban J connectivity index is 1.95. The molecule has 0 bridgehead atoms. The van der Waals surface area contributed by atoms with Crippen LogP contribution in [0.1, 0.15) is 19.3 Å². The summed E-state index contributed by atoms with van der Waals surface area (Å²) in [4.78, 5) is 7.76. The van der Waals surface area contributed by atoms with Crippen LogP contribution < -0.4 is 4.74 Å². The van der Waals surface area contributed by atoms with E-state index in [-0.39, 0.29) is 19.1 Å². The number of alkyl halides is 3. The van der Waals surface area contributed by atoms with Gasteiger partial charge in [-0.15, -0.1) is 0 Å². The van der Waals surface area contributed by atoms with E-state index in [1.54, 1.807) is 6.07 Å². The van der Waals surface area contributed by atoms with Crippen molar-refractivity contribution in [1.29, 1.82) is 0 Å². The van der Waals surface area contributed by atoms with Gasteiger partial charge in [0, 0.05) is 18.9 Å². The molecule has 2 rings (SSSR count). The van der Waals surface area contributed by atoms with Crippen molar-refractivity contribution in [3.63, 3.8) is 0 Å². The Hall–Kier alpha value is -1.42. The number of halogens is 3. The van der Waals surface area contributed by atoms with Crippen LogP contribution in [0.4, 0.5) is 13.2 Å². The normalized spacial score (nSPS) is 20.8. The zero-order chi connectivity index (χ0) is 16.2. The van der Waals surface area contributed by atoms with Gasteiger partial charge in [0.2, 0.25) is 10.0 Å². The summed E-state index contributed by atoms with van der Waals surface area (Å²) in [6.07, 6.45) is -2.20. The van der Waals surface area contributed by atoms with Gasteiger partial charge >= 0.3 is 12.2 Å². The lowest BCUT2D eigenvalue weighted by molar-refractivity contribution is -0.130. The van der Waals surface area contributed by atoms with Gasteiger partial charge in [-0.1, -0.05) is 0 Å². The van der Waals surface area contributed by atoms with Gasteiger partial charge in [-0.25, -0.2) is 18.4 Å². The molecule has 1 aliphatic heterocycles. The largest absolute Gasteiger partial charge is 0.459 e. The summed E-state index contributed by atoms with van der Waals surface area (Å²) in [6.45, 7) is 0.216. The number of ether oxygens (including phenoxy) is 1. The first-order valence-electron chi connectivity index (χ1n) is 6.74. The molecule has 10 heteroatoms. The maximum Gasteiger partial charge on any atom is 0.390 e. The summed E-state index contributed by atoms with van der Waals surface area (Å²) in [5.41, 5.74) is 0. The average Bonchev–Trinajstić information content (AvgIpc) is 2.46. The van der Waals surface area contributed by atoms with Crippen LogP contribution in [0.5, 0.6) is 6.01 Å². The van der Waals surface area contributed by atoms with Gasteiger partial charge in [0.1, 0.15) is 6.10 Å². The predicted octanol–water partition coefficient (Wildman–Crippen LogP) is 1.60. The Labute approximate surface area is 126 Å². The molecule has 0 saturated carbocycles. The maximum atomic E-state index is 12.2. The van der Waals surface area contributed by atoms with Crippen molar-refractivity contribution in [3.8, 4) is 6.01 Å². The van der Waals surface area contributed by atoms with Crippen LogP contribution in [-0.2, 0) is 10.0 Å². The van der Waals surface area contributed by atoms with Crippen molar-refractivity contribution >= 4 is 10.0 Å². The lowest BCUT2D eigenvalue weighted by Gasteiger charge is -2.31. The van der Waals surface area contributed by atoms with Crippen molar-refractivity contribution in [2.24, 2.45) is 0 Å². The number of sulfonamides is 1. The average molecular weight is 339 g/mol. The molecule has 6 nitrogen and oxygen atoms in total.